The van der Waals surface area contributed by atoms with Crippen LogP contribution in [0.1, 0.15) is 19.5 Å². The van der Waals surface area contributed by atoms with Gasteiger partial charge in [0.2, 0.25) is 0 Å². The molecule has 0 saturated heterocycles. The van der Waals surface area contributed by atoms with Gasteiger partial charge in [-0.3, -0.25) is 4.98 Å². The molecule has 1 rings (SSSR count). The first-order valence-electron chi connectivity index (χ1n) is 5.01. The van der Waals surface area contributed by atoms with E-state index in [1.165, 1.54) is 12.3 Å². The van der Waals surface area contributed by atoms with E-state index >= 15 is 0 Å². The molecule has 1 aromatic heterocycles. The molecule has 0 fully saturated rings. The Hall–Kier alpha value is -0.670. The Morgan fingerprint density at radius 2 is 2.20 bits per heavy atom. The zero-order valence-corrected chi connectivity index (χ0v) is 9.98. The molecule has 0 aromatic carbocycles. The molecule has 1 heterocycles. The summed E-state index contributed by atoms with van der Waals surface area (Å²) >= 11 is 5.63. The molecule has 0 aliphatic carbocycles. The molecular formula is C11H16ClFN2. The van der Waals surface area contributed by atoms with Crippen molar-refractivity contribution in [2.75, 3.05) is 7.05 Å². The van der Waals surface area contributed by atoms with Gasteiger partial charge < -0.3 is 5.32 Å². The maximum Gasteiger partial charge on any atom is 0.146 e. The average molecular weight is 231 g/mol. The third-order valence-electron chi connectivity index (χ3n) is 2.47. The summed E-state index contributed by atoms with van der Waals surface area (Å²) in [7, 11) is 1.87. The van der Waals surface area contributed by atoms with E-state index in [2.05, 4.69) is 24.1 Å². The fourth-order valence-electron chi connectivity index (χ4n) is 1.47. The monoisotopic (exact) mass is 230 g/mol. The molecule has 1 aromatic rings. The Balaban J connectivity index is 2.79. The van der Waals surface area contributed by atoms with Crippen LogP contribution in [-0.2, 0) is 6.42 Å². The summed E-state index contributed by atoms with van der Waals surface area (Å²) in [5.74, 6) is 0.107. The van der Waals surface area contributed by atoms with E-state index in [0.717, 1.165) is 0 Å². The third kappa shape index (κ3) is 3.43. The molecule has 0 aliphatic rings. The number of aromatic nitrogens is 1. The van der Waals surface area contributed by atoms with Gasteiger partial charge in [0.15, 0.2) is 0 Å². The Labute approximate surface area is 94.9 Å². The highest BCUT2D eigenvalue weighted by molar-refractivity contribution is 6.30. The van der Waals surface area contributed by atoms with Crippen LogP contribution >= 0.6 is 11.6 Å². The number of hydrogen-bond acceptors (Lipinski definition) is 2. The lowest BCUT2D eigenvalue weighted by molar-refractivity contribution is 0.414. The van der Waals surface area contributed by atoms with Crippen LogP contribution < -0.4 is 5.32 Å². The molecule has 0 aliphatic heterocycles. The van der Waals surface area contributed by atoms with Gasteiger partial charge in [0, 0.05) is 18.7 Å². The summed E-state index contributed by atoms with van der Waals surface area (Å²) < 4.78 is 13.4. The number of nitrogens with one attached hydrogen (secondary N) is 1. The number of halogens is 2. The van der Waals surface area contributed by atoms with Crippen molar-refractivity contribution in [3.05, 3.63) is 28.8 Å². The molecule has 15 heavy (non-hydrogen) atoms. The number of nitrogens with zero attached hydrogens (tertiary/aromatic N) is 1. The molecule has 1 N–H and O–H groups in total. The van der Waals surface area contributed by atoms with Gasteiger partial charge in [-0.05, 0) is 19.0 Å². The second-order valence-electron chi connectivity index (χ2n) is 3.93. The zero-order valence-electron chi connectivity index (χ0n) is 9.22. The highest BCUT2D eigenvalue weighted by Crippen LogP contribution is 2.15. The van der Waals surface area contributed by atoms with Gasteiger partial charge in [-0.1, -0.05) is 25.4 Å². The van der Waals surface area contributed by atoms with Gasteiger partial charge in [0.25, 0.3) is 0 Å². The van der Waals surface area contributed by atoms with Gasteiger partial charge in [0.05, 0.1) is 10.7 Å². The summed E-state index contributed by atoms with van der Waals surface area (Å²) in [6, 6.07) is 1.53. The minimum Gasteiger partial charge on any atom is -0.316 e. The maximum atomic E-state index is 13.4. The first-order chi connectivity index (χ1) is 7.04. The van der Waals surface area contributed by atoms with E-state index in [4.69, 9.17) is 11.6 Å². The van der Waals surface area contributed by atoms with Crippen LogP contribution in [0.3, 0.4) is 0 Å². The van der Waals surface area contributed by atoms with Gasteiger partial charge in [-0.2, -0.15) is 0 Å². The Kier molecular flexibility index (Phi) is 4.48. The Bertz CT molecular complexity index is 328. The highest BCUT2D eigenvalue weighted by Gasteiger charge is 2.15. The second kappa shape index (κ2) is 5.42. The quantitative estimate of drug-likeness (QED) is 0.860. The van der Waals surface area contributed by atoms with E-state index in [1.54, 1.807) is 0 Å². The smallest absolute Gasteiger partial charge is 0.146 e. The molecule has 0 saturated carbocycles. The van der Waals surface area contributed by atoms with Crippen LogP contribution in [0.15, 0.2) is 12.3 Å². The summed E-state index contributed by atoms with van der Waals surface area (Å²) in [5, 5.41) is 3.49. The summed E-state index contributed by atoms with van der Waals surface area (Å²) in [5.41, 5.74) is 0.465. The van der Waals surface area contributed by atoms with Crippen molar-refractivity contribution in [2.45, 2.75) is 26.3 Å². The van der Waals surface area contributed by atoms with Crippen molar-refractivity contribution in [1.82, 2.24) is 10.3 Å². The van der Waals surface area contributed by atoms with Crippen LogP contribution in [0.25, 0.3) is 0 Å². The second-order valence-corrected chi connectivity index (χ2v) is 4.36. The topological polar surface area (TPSA) is 24.9 Å². The maximum absolute atomic E-state index is 13.4. The highest BCUT2D eigenvalue weighted by atomic mass is 35.5. The normalized spacial score (nSPS) is 13.2. The minimum absolute atomic E-state index is 0.230. The van der Waals surface area contributed by atoms with Crippen LogP contribution in [0.5, 0.6) is 0 Å². The lowest BCUT2D eigenvalue weighted by atomic mass is 9.99. The molecule has 0 amide bonds. The largest absolute Gasteiger partial charge is 0.316 e. The van der Waals surface area contributed by atoms with Crippen molar-refractivity contribution >= 4 is 11.6 Å². The van der Waals surface area contributed by atoms with Crippen molar-refractivity contribution in [1.29, 1.82) is 0 Å². The third-order valence-corrected chi connectivity index (χ3v) is 2.68. The fraction of sp³-hybridized carbons (Fsp3) is 0.545. The molecule has 0 radical (unpaired) electrons. The molecule has 4 heteroatoms. The summed E-state index contributed by atoms with van der Waals surface area (Å²) in [6.45, 7) is 4.18. The first kappa shape index (κ1) is 12.4. The van der Waals surface area contributed by atoms with Crippen LogP contribution in [0.2, 0.25) is 5.02 Å². The molecule has 2 nitrogen and oxygen atoms in total. The summed E-state index contributed by atoms with van der Waals surface area (Å²) in [4.78, 5) is 4.00. The predicted octanol–water partition coefficient (Wildman–Crippen LogP) is 2.66. The number of hydrogen-bond donors (Lipinski definition) is 1. The van der Waals surface area contributed by atoms with Crippen LogP contribution in [-0.4, -0.2) is 18.1 Å². The minimum atomic E-state index is -0.330. The van der Waals surface area contributed by atoms with E-state index in [0.29, 0.717) is 23.1 Å². The number of likely N-dealkylation sites (N-methyl/N-ethyl adjacent to an activating group) is 1. The predicted molar refractivity (Wildman–Crippen MR) is 60.6 cm³/mol. The lowest BCUT2D eigenvalue weighted by Crippen LogP contribution is -2.33. The van der Waals surface area contributed by atoms with Gasteiger partial charge in [-0.15, -0.1) is 0 Å². The number of rotatable bonds is 4. The van der Waals surface area contributed by atoms with Crippen molar-refractivity contribution < 1.29 is 4.39 Å². The van der Waals surface area contributed by atoms with Gasteiger partial charge in [0.1, 0.15) is 5.82 Å². The molecular weight excluding hydrogens is 215 g/mol. The molecule has 0 spiro atoms. The standard InChI is InChI=1S/C11H16ClFN2/c1-7(2)10(14-3)5-11-9(13)4-8(12)6-15-11/h4,6-7,10,14H,5H2,1-3H3. The lowest BCUT2D eigenvalue weighted by Gasteiger charge is -2.19. The SMILES string of the molecule is CNC(Cc1ncc(Cl)cc1F)C(C)C. The van der Waals surface area contributed by atoms with Crippen molar-refractivity contribution in [3.8, 4) is 0 Å². The molecule has 84 valence electrons. The summed E-state index contributed by atoms with van der Waals surface area (Å²) in [6.07, 6.45) is 2.06. The van der Waals surface area contributed by atoms with Gasteiger partial charge >= 0.3 is 0 Å². The molecule has 1 unspecified atom stereocenters. The van der Waals surface area contributed by atoms with Crippen LogP contribution in [0.4, 0.5) is 4.39 Å². The van der Waals surface area contributed by atoms with Crippen molar-refractivity contribution in [2.24, 2.45) is 5.92 Å². The van der Waals surface area contributed by atoms with E-state index in [-0.39, 0.29) is 11.9 Å². The van der Waals surface area contributed by atoms with E-state index in [1.807, 2.05) is 7.05 Å². The Morgan fingerprint density at radius 1 is 1.53 bits per heavy atom. The van der Waals surface area contributed by atoms with Crippen LogP contribution in [0, 0.1) is 11.7 Å². The van der Waals surface area contributed by atoms with Crippen molar-refractivity contribution in [3.63, 3.8) is 0 Å². The molecule has 1 atom stereocenters. The molecule has 0 bridgehead atoms. The zero-order chi connectivity index (χ0) is 11.4. The average Bonchev–Trinajstić information content (AvgIpc) is 2.16. The Morgan fingerprint density at radius 3 is 2.67 bits per heavy atom. The van der Waals surface area contributed by atoms with E-state index < -0.39 is 0 Å². The number of pyridine rings is 1. The first-order valence-corrected chi connectivity index (χ1v) is 5.39. The van der Waals surface area contributed by atoms with Gasteiger partial charge in [-0.25, -0.2) is 4.39 Å². The van der Waals surface area contributed by atoms with E-state index in [9.17, 15) is 4.39 Å². The fourth-order valence-corrected chi connectivity index (χ4v) is 1.62.